The van der Waals surface area contributed by atoms with Crippen LogP contribution in [0.5, 0.6) is 11.5 Å². The number of aromatic hydroxyl groups is 1. The second-order valence-electron chi connectivity index (χ2n) is 11.5. The van der Waals surface area contributed by atoms with Crippen molar-refractivity contribution in [2.75, 3.05) is 12.0 Å². The maximum Gasteiger partial charge on any atom is 0.257 e. The minimum absolute atomic E-state index is 0.0810. The number of carbonyl (C=O) groups is 4. The Hall–Kier alpha value is -4.47. The van der Waals surface area contributed by atoms with Gasteiger partial charge in [0.2, 0.25) is 11.8 Å². The van der Waals surface area contributed by atoms with Crippen LogP contribution in [0.15, 0.2) is 84.4 Å². The summed E-state index contributed by atoms with van der Waals surface area (Å²) < 4.78 is 5.44. The third-order valence-corrected chi connectivity index (χ3v) is 9.94. The van der Waals surface area contributed by atoms with E-state index in [2.05, 4.69) is 0 Å². The number of fused-ring (bicyclic) bond motifs is 4. The van der Waals surface area contributed by atoms with Crippen LogP contribution in [-0.4, -0.2) is 46.1 Å². The third kappa shape index (κ3) is 3.61. The van der Waals surface area contributed by atoms with Gasteiger partial charge in [-0.25, -0.2) is 4.90 Å². The van der Waals surface area contributed by atoms with Gasteiger partial charge >= 0.3 is 0 Å². The minimum Gasteiger partial charge on any atom is -0.504 e. The summed E-state index contributed by atoms with van der Waals surface area (Å²) in [6, 6.07) is 20.5. The quantitative estimate of drug-likeness (QED) is 0.255. The summed E-state index contributed by atoms with van der Waals surface area (Å²) in [4.78, 5) is 56.9. The Kier molecular flexibility index (Phi) is 6.23. The highest BCUT2D eigenvalue weighted by molar-refractivity contribution is 6.32. The van der Waals surface area contributed by atoms with Gasteiger partial charge in [-0.1, -0.05) is 71.8 Å². The lowest BCUT2D eigenvalue weighted by Gasteiger charge is -2.50. The zero-order valence-electron chi connectivity index (χ0n) is 23.0. The Labute approximate surface area is 251 Å². The minimum atomic E-state index is -1.52. The van der Waals surface area contributed by atoms with Gasteiger partial charge in [0, 0.05) is 16.5 Å². The molecule has 10 heteroatoms. The molecule has 0 spiro atoms. The highest BCUT2D eigenvalue weighted by Gasteiger charge is 2.70. The van der Waals surface area contributed by atoms with E-state index in [1.165, 1.54) is 7.11 Å². The molecule has 3 aromatic rings. The second-order valence-corrected chi connectivity index (χ2v) is 11.9. The van der Waals surface area contributed by atoms with Crippen LogP contribution in [0.2, 0.25) is 5.02 Å². The number of carbonyl (C=O) groups excluding carboxylic acids is 4. The van der Waals surface area contributed by atoms with E-state index in [-0.39, 0.29) is 29.4 Å². The van der Waals surface area contributed by atoms with Crippen molar-refractivity contribution < 1.29 is 34.2 Å². The summed E-state index contributed by atoms with van der Waals surface area (Å²) in [5.41, 5.74) is 0.382. The molecule has 43 heavy (non-hydrogen) atoms. The maximum absolute atomic E-state index is 15.1. The van der Waals surface area contributed by atoms with E-state index < -0.39 is 58.6 Å². The van der Waals surface area contributed by atoms with Crippen LogP contribution in [0, 0.1) is 23.7 Å². The van der Waals surface area contributed by atoms with Gasteiger partial charge in [0.1, 0.15) is 0 Å². The number of phenolic OH excluding ortho intramolecular Hbond substituents is 1. The number of hydrogen-bond donors (Lipinski definition) is 2. The van der Waals surface area contributed by atoms with E-state index in [1.807, 2.05) is 12.1 Å². The fourth-order valence-corrected chi connectivity index (χ4v) is 8.19. The number of hydroxylamine groups is 2. The van der Waals surface area contributed by atoms with Crippen LogP contribution in [0.1, 0.15) is 29.9 Å². The lowest BCUT2D eigenvalue weighted by Crippen LogP contribution is -2.53. The number of para-hydroxylation sites is 1. The van der Waals surface area contributed by atoms with Gasteiger partial charge < -0.3 is 9.84 Å². The molecule has 218 valence electrons. The number of imide groups is 2. The zero-order valence-corrected chi connectivity index (χ0v) is 23.8. The molecule has 3 fully saturated rings. The van der Waals surface area contributed by atoms with E-state index in [0.29, 0.717) is 27.4 Å². The van der Waals surface area contributed by atoms with Crippen molar-refractivity contribution in [2.45, 2.75) is 24.2 Å². The van der Waals surface area contributed by atoms with Crippen molar-refractivity contribution in [2.24, 2.45) is 23.7 Å². The van der Waals surface area contributed by atoms with Gasteiger partial charge in [0.15, 0.2) is 11.5 Å². The largest absolute Gasteiger partial charge is 0.504 e. The lowest BCUT2D eigenvalue weighted by molar-refractivity contribution is -0.173. The van der Waals surface area contributed by atoms with E-state index in [9.17, 15) is 24.7 Å². The number of ether oxygens (including phenoxy) is 1. The van der Waals surface area contributed by atoms with Gasteiger partial charge in [-0.05, 0) is 48.6 Å². The van der Waals surface area contributed by atoms with Crippen LogP contribution >= 0.6 is 11.6 Å². The van der Waals surface area contributed by atoms with Gasteiger partial charge in [0.05, 0.1) is 36.0 Å². The Balaban J connectivity index is 1.54. The number of amides is 4. The molecular formula is C33H27ClN2O7. The van der Waals surface area contributed by atoms with Crippen LogP contribution < -0.4 is 9.64 Å². The SMILES string of the molecule is COc1cccc(C2C3=CCC4C(=O)N(O)C(=O)C4C3CC3C(=O)N(c4cccc(Cl)c4)C(=O)C32c2ccccc2)c1O. The van der Waals surface area contributed by atoms with Crippen LogP contribution in [0.4, 0.5) is 5.69 Å². The molecule has 2 heterocycles. The Morgan fingerprint density at radius 2 is 1.65 bits per heavy atom. The summed E-state index contributed by atoms with van der Waals surface area (Å²) in [6.07, 6.45) is 2.09. The van der Waals surface area contributed by atoms with E-state index >= 15 is 4.79 Å². The van der Waals surface area contributed by atoms with E-state index in [0.717, 1.165) is 4.90 Å². The van der Waals surface area contributed by atoms with Crippen molar-refractivity contribution in [1.29, 1.82) is 0 Å². The fraction of sp³-hybridized carbons (Fsp3) is 0.273. The normalized spacial score (nSPS) is 29.7. The molecule has 2 saturated heterocycles. The topological polar surface area (TPSA) is 124 Å². The number of benzene rings is 3. The summed E-state index contributed by atoms with van der Waals surface area (Å²) in [5, 5.41) is 22.4. The molecule has 6 unspecified atom stereocenters. The third-order valence-electron chi connectivity index (χ3n) is 9.70. The van der Waals surface area contributed by atoms with Crippen LogP contribution in [-0.2, 0) is 24.6 Å². The van der Waals surface area contributed by atoms with Crippen molar-refractivity contribution in [3.8, 4) is 11.5 Å². The smallest absolute Gasteiger partial charge is 0.257 e. The first kappa shape index (κ1) is 27.4. The molecule has 0 aromatic heterocycles. The van der Waals surface area contributed by atoms with Crippen molar-refractivity contribution in [3.05, 3.63) is 101 Å². The first-order chi connectivity index (χ1) is 20.7. The van der Waals surface area contributed by atoms with Gasteiger partial charge in [-0.2, -0.15) is 5.06 Å². The summed E-state index contributed by atoms with van der Waals surface area (Å²) in [7, 11) is 1.42. The summed E-state index contributed by atoms with van der Waals surface area (Å²) in [6.45, 7) is 0. The molecule has 0 bridgehead atoms. The van der Waals surface area contributed by atoms with Gasteiger partial charge in [-0.3, -0.25) is 24.4 Å². The van der Waals surface area contributed by atoms with Gasteiger partial charge in [-0.15, -0.1) is 0 Å². The Bertz CT molecular complexity index is 1740. The number of nitrogens with zero attached hydrogens (tertiary/aromatic N) is 2. The highest BCUT2D eigenvalue weighted by atomic mass is 35.5. The number of hydrogen-bond acceptors (Lipinski definition) is 7. The van der Waals surface area contributed by atoms with Gasteiger partial charge in [0.25, 0.3) is 11.8 Å². The number of rotatable bonds is 4. The zero-order chi connectivity index (χ0) is 30.2. The van der Waals surface area contributed by atoms with Crippen LogP contribution in [0.3, 0.4) is 0 Å². The molecule has 9 nitrogen and oxygen atoms in total. The van der Waals surface area contributed by atoms with Crippen molar-refractivity contribution >= 4 is 40.9 Å². The molecule has 1 saturated carbocycles. The number of methoxy groups -OCH3 is 1. The molecular weight excluding hydrogens is 572 g/mol. The first-order valence-corrected chi connectivity index (χ1v) is 14.4. The first-order valence-electron chi connectivity index (χ1n) is 14.0. The second kappa shape index (κ2) is 9.79. The lowest BCUT2D eigenvalue weighted by atomic mass is 9.49. The maximum atomic E-state index is 15.1. The fourth-order valence-electron chi connectivity index (χ4n) is 8.01. The molecule has 4 amide bonds. The van der Waals surface area contributed by atoms with Crippen molar-refractivity contribution in [1.82, 2.24) is 5.06 Å². The highest BCUT2D eigenvalue weighted by Crippen LogP contribution is 2.65. The summed E-state index contributed by atoms with van der Waals surface area (Å²) in [5.74, 6) is -6.60. The molecule has 6 atom stereocenters. The number of halogens is 1. The Morgan fingerprint density at radius 1 is 0.907 bits per heavy atom. The average molecular weight is 599 g/mol. The number of allylic oxidation sites excluding steroid dienone is 2. The summed E-state index contributed by atoms with van der Waals surface area (Å²) >= 11 is 6.30. The standard InChI is InChI=1S/C33H27ClN2O7/c1-43-25-12-6-11-22(28(25)37)27-20-13-14-21-26(31(40)36(42)29(21)38)23(20)16-24-30(39)35(19-10-5-9-18(34)15-19)32(41)33(24,27)17-7-3-2-4-8-17/h2-13,15,21,23-24,26-27,37,42H,14,16H2,1H3. The Morgan fingerprint density at radius 3 is 2.37 bits per heavy atom. The molecule has 0 radical (unpaired) electrons. The molecule has 4 aliphatic rings. The average Bonchev–Trinajstić information content (AvgIpc) is 3.38. The van der Waals surface area contributed by atoms with Crippen molar-refractivity contribution in [3.63, 3.8) is 0 Å². The molecule has 2 aliphatic heterocycles. The van der Waals surface area contributed by atoms with Crippen LogP contribution in [0.25, 0.3) is 0 Å². The number of anilines is 1. The molecule has 2 N–H and O–H groups in total. The predicted molar refractivity (Wildman–Crippen MR) is 154 cm³/mol. The monoisotopic (exact) mass is 598 g/mol. The molecule has 7 rings (SSSR count). The molecule has 2 aliphatic carbocycles. The number of phenols is 1. The van der Waals surface area contributed by atoms with E-state index in [4.69, 9.17) is 16.3 Å². The van der Waals surface area contributed by atoms with E-state index in [1.54, 1.807) is 66.7 Å². The molecule has 3 aromatic carbocycles. The predicted octanol–water partition coefficient (Wildman–Crippen LogP) is 4.61.